The van der Waals surface area contributed by atoms with Crippen LogP contribution in [-0.2, 0) is 27.9 Å². The van der Waals surface area contributed by atoms with Gasteiger partial charge in [-0.15, -0.1) is 0 Å². The predicted molar refractivity (Wildman–Crippen MR) is 219 cm³/mol. The number of carbonyl (C=O) groups is 1. The Morgan fingerprint density at radius 3 is 1.60 bits per heavy atom. The van der Waals surface area contributed by atoms with Gasteiger partial charge in [-0.05, 0) is 64.2 Å². The van der Waals surface area contributed by atoms with E-state index in [0.29, 0.717) is 13.0 Å². The maximum absolute atomic E-state index is 12.5. The van der Waals surface area contributed by atoms with Crippen LogP contribution in [0.25, 0.3) is 0 Å². The molecular weight excluding hydrogens is 691 g/mol. The van der Waals surface area contributed by atoms with Gasteiger partial charge in [0.1, 0.15) is 12.2 Å². The second-order valence-corrected chi connectivity index (χ2v) is 14.7. The number of carbonyl (C=O) groups excluding carboxylic acids is 1. The third-order valence-corrected chi connectivity index (χ3v) is 9.11. The van der Waals surface area contributed by atoms with Crippen LogP contribution in [0.5, 0.6) is 0 Å². The smallest absolute Gasteiger partial charge is 0.457 e. The Kier molecular flexibility index (Phi) is 38.0. The number of hydrogen-bond donors (Lipinski definition) is 3. The highest BCUT2D eigenvalue weighted by atomic mass is 31.2. The van der Waals surface area contributed by atoms with Crippen molar-refractivity contribution >= 4 is 13.8 Å². The molecule has 0 aromatic rings. The maximum Gasteiger partial charge on any atom is 0.472 e. The van der Waals surface area contributed by atoms with E-state index < -0.39 is 45.8 Å². The summed E-state index contributed by atoms with van der Waals surface area (Å²) < 4.78 is 33.2. The van der Waals surface area contributed by atoms with E-state index in [9.17, 15) is 19.4 Å². The van der Waals surface area contributed by atoms with Gasteiger partial charge in [-0.25, -0.2) is 4.57 Å². The minimum atomic E-state index is -4.54. The second-order valence-electron chi connectivity index (χ2n) is 13.3. The van der Waals surface area contributed by atoms with Crippen LogP contribution < -0.4 is 0 Å². The van der Waals surface area contributed by atoms with E-state index in [2.05, 4.69) is 68.5 Å². The van der Waals surface area contributed by atoms with Gasteiger partial charge >= 0.3 is 13.8 Å². The summed E-state index contributed by atoms with van der Waals surface area (Å²) in [4.78, 5) is 22.5. The van der Waals surface area contributed by atoms with Gasteiger partial charge in [0.2, 0.25) is 0 Å². The molecule has 0 bridgehead atoms. The summed E-state index contributed by atoms with van der Waals surface area (Å²) in [5, 5.41) is 18.3. The summed E-state index contributed by atoms with van der Waals surface area (Å²) >= 11 is 0. The number of rotatable bonds is 38. The number of allylic oxidation sites excluding steroid dienone is 11. The molecule has 0 aliphatic heterocycles. The molecule has 0 fully saturated rings. The molecule has 0 saturated carbocycles. The van der Waals surface area contributed by atoms with Crippen molar-refractivity contribution in [3.05, 3.63) is 72.9 Å². The van der Waals surface area contributed by atoms with Crippen LogP contribution in [0.15, 0.2) is 72.9 Å². The normalized spacial score (nSPS) is 14.9. The second kappa shape index (κ2) is 39.6. The molecule has 0 amide bonds. The van der Waals surface area contributed by atoms with Gasteiger partial charge in [0, 0.05) is 6.61 Å². The van der Waals surface area contributed by atoms with Crippen LogP contribution in [-0.4, -0.2) is 66.3 Å². The standard InChI is InChI=1S/C43H75O9P/c1-3-5-7-9-11-13-15-17-19-20-22-24-26-28-30-32-34-36-49-39-42(40-51-53(47,48)50-38-41(45)37-44)52-43(46)35-33-31-29-27-25-23-21-18-16-14-12-10-8-6-4-2/h6,8,12,14,18-21,25,27,31,33,41-42,44-45H,3-5,7,9-11,13,15-17,22-24,26,28-30,32,34-40H2,1-2H3,(H,47,48)/b8-6-,14-12-,20-19-,21-18-,27-25-,33-31-. The molecule has 10 heteroatoms. The topological polar surface area (TPSA) is 132 Å². The summed E-state index contributed by atoms with van der Waals surface area (Å²) in [6, 6.07) is 0. The predicted octanol–water partition coefficient (Wildman–Crippen LogP) is 11.0. The average Bonchev–Trinajstić information content (AvgIpc) is 3.15. The molecule has 3 N–H and O–H groups in total. The summed E-state index contributed by atoms with van der Waals surface area (Å²) in [6.45, 7) is 3.23. The summed E-state index contributed by atoms with van der Waals surface area (Å²) in [6.07, 6.45) is 46.0. The molecule has 0 aromatic carbocycles. The Bertz CT molecular complexity index is 1050. The van der Waals surface area contributed by atoms with E-state index in [1.807, 2.05) is 12.2 Å². The van der Waals surface area contributed by atoms with Crippen molar-refractivity contribution in [2.24, 2.45) is 0 Å². The van der Waals surface area contributed by atoms with Gasteiger partial charge in [0.05, 0.1) is 32.8 Å². The first kappa shape index (κ1) is 50.9. The lowest BCUT2D eigenvalue weighted by Gasteiger charge is -2.20. The number of phosphoric acid groups is 1. The third-order valence-electron chi connectivity index (χ3n) is 8.16. The molecule has 3 atom stereocenters. The van der Waals surface area contributed by atoms with E-state index in [1.165, 1.54) is 70.6 Å². The minimum absolute atomic E-state index is 0.00185. The van der Waals surface area contributed by atoms with Crippen LogP contribution in [0.4, 0.5) is 0 Å². The van der Waals surface area contributed by atoms with Crippen molar-refractivity contribution in [3.63, 3.8) is 0 Å². The van der Waals surface area contributed by atoms with Crippen LogP contribution in [0.1, 0.15) is 149 Å². The Morgan fingerprint density at radius 1 is 0.604 bits per heavy atom. The zero-order valence-electron chi connectivity index (χ0n) is 33.2. The third kappa shape index (κ3) is 39.4. The number of aliphatic hydroxyl groups is 2. The van der Waals surface area contributed by atoms with E-state index in [0.717, 1.165) is 51.4 Å². The Hall–Kier alpha value is -2.10. The van der Waals surface area contributed by atoms with Gasteiger partial charge in [-0.3, -0.25) is 13.8 Å². The number of unbranched alkanes of at least 4 members (excludes halogenated alkanes) is 13. The zero-order valence-corrected chi connectivity index (χ0v) is 34.1. The molecule has 0 aliphatic carbocycles. The van der Waals surface area contributed by atoms with E-state index >= 15 is 0 Å². The van der Waals surface area contributed by atoms with Gasteiger partial charge in [0.25, 0.3) is 0 Å². The first-order valence-corrected chi connectivity index (χ1v) is 21.9. The number of ether oxygens (including phenoxy) is 2. The fraction of sp³-hybridized carbons (Fsp3) is 0.698. The molecule has 0 radical (unpaired) electrons. The van der Waals surface area contributed by atoms with Crippen LogP contribution in [0.3, 0.4) is 0 Å². The molecule has 0 aromatic heterocycles. The monoisotopic (exact) mass is 767 g/mol. The van der Waals surface area contributed by atoms with Gasteiger partial charge < -0.3 is 24.6 Å². The highest BCUT2D eigenvalue weighted by molar-refractivity contribution is 7.47. The first-order chi connectivity index (χ1) is 25.8. The number of esters is 1. The lowest BCUT2D eigenvalue weighted by atomic mass is 10.1. The lowest BCUT2D eigenvalue weighted by molar-refractivity contribution is -0.153. The SMILES string of the molecule is CC/C=C\C/C=C\C/C=C\C/C=C\C/C=C\CC(=O)OC(COCCCCCCCC/C=C\CCCCCCCCC)COP(=O)(O)OCC(O)CO. The van der Waals surface area contributed by atoms with Gasteiger partial charge in [-0.1, -0.05) is 151 Å². The number of aliphatic hydroxyl groups excluding tert-OH is 2. The van der Waals surface area contributed by atoms with Crippen molar-refractivity contribution in [2.75, 3.05) is 33.0 Å². The van der Waals surface area contributed by atoms with Crippen LogP contribution >= 0.6 is 7.82 Å². The van der Waals surface area contributed by atoms with Gasteiger partial charge in [-0.2, -0.15) is 0 Å². The van der Waals surface area contributed by atoms with E-state index in [1.54, 1.807) is 6.08 Å². The van der Waals surface area contributed by atoms with E-state index in [4.69, 9.17) is 23.6 Å². The molecule has 306 valence electrons. The number of hydrogen-bond acceptors (Lipinski definition) is 8. The first-order valence-electron chi connectivity index (χ1n) is 20.4. The summed E-state index contributed by atoms with van der Waals surface area (Å²) in [5.74, 6) is -0.513. The van der Waals surface area contributed by atoms with Crippen LogP contribution in [0.2, 0.25) is 0 Å². The lowest BCUT2D eigenvalue weighted by Crippen LogP contribution is -2.28. The highest BCUT2D eigenvalue weighted by Crippen LogP contribution is 2.43. The maximum atomic E-state index is 12.5. The molecule has 0 heterocycles. The summed E-state index contributed by atoms with van der Waals surface area (Å²) in [7, 11) is -4.54. The molecule has 0 rings (SSSR count). The molecule has 0 aliphatic rings. The van der Waals surface area contributed by atoms with Crippen LogP contribution in [0, 0.1) is 0 Å². The molecule has 0 spiro atoms. The van der Waals surface area contributed by atoms with Crippen molar-refractivity contribution < 1.29 is 43.0 Å². The van der Waals surface area contributed by atoms with Crippen molar-refractivity contribution in [3.8, 4) is 0 Å². The highest BCUT2D eigenvalue weighted by Gasteiger charge is 2.26. The Morgan fingerprint density at radius 2 is 1.08 bits per heavy atom. The van der Waals surface area contributed by atoms with E-state index in [-0.39, 0.29) is 13.0 Å². The van der Waals surface area contributed by atoms with Gasteiger partial charge in [0.15, 0.2) is 0 Å². The zero-order chi connectivity index (χ0) is 38.9. The number of phosphoric ester groups is 1. The fourth-order valence-electron chi connectivity index (χ4n) is 5.07. The molecule has 3 unspecified atom stereocenters. The molecule has 0 saturated heterocycles. The molecule has 53 heavy (non-hydrogen) atoms. The summed E-state index contributed by atoms with van der Waals surface area (Å²) in [5.41, 5.74) is 0. The molecular formula is C43H75O9P. The fourth-order valence-corrected chi connectivity index (χ4v) is 5.86. The Labute approximate surface area is 322 Å². The largest absolute Gasteiger partial charge is 0.472 e. The molecule has 9 nitrogen and oxygen atoms in total. The van der Waals surface area contributed by atoms with Crippen molar-refractivity contribution in [1.29, 1.82) is 0 Å². The minimum Gasteiger partial charge on any atom is -0.457 e. The average molecular weight is 767 g/mol. The Balaban J connectivity index is 4.35. The van der Waals surface area contributed by atoms with Crippen molar-refractivity contribution in [2.45, 2.75) is 161 Å². The van der Waals surface area contributed by atoms with Crippen molar-refractivity contribution in [1.82, 2.24) is 0 Å². The quantitative estimate of drug-likeness (QED) is 0.0243.